The molecule has 0 fully saturated rings. The van der Waals surface area contributed by atoms with Crippen LogP contribution in [-0.2, 0) is 13.1 Å². The largest absolute Gasteiger partial charge is 1.00 e. The first-order valence-corrected chi connectivity index (χ1v) is 15.7. The Kier molecular flexibility index (Phi) is 18.7. The van der Waals surface area contributed by atoms with E-state index < -0.39 is 0 Å². The van der Waals surface area contributed by atoms with E-state index in [9.17, 15) is 0 Å². The molecule has 4 aromatic rings. The van der Waals surface area contributed by atoms with Crippen LogP contribution in [0, 0.1) is 0 Å². The fourth-order valence-corrected chi connectivity index (χ4v) is 5.87. The smallest absolute Gasteiger partial charge is 0.212 e. The number of halogens is 2. The molecule has 0 spiro atoms. The van der Waals surface area contributed by atoms with E-state index >= 15 is 0 Å². The van der Waals surface area contributed by atoms with E-state index in [1.807, 2.05) is 0 Å². The molecular formula is C36H50I2N2. The van der Waals surface area contributed by atoms with Crippen molar-refractivity contribution in [1.82, 2.24) is 0 Å². The van der Waals surface area contributed by atoms with E-state index in [-0.39, 0.29) is 48.0 Å². The van der Waals surface area contributed by atoms with Crippen LogP contribution in [0.2, 0.25) is 0 Å². The second-order valence-corrected chi connectivity index (χ2v) is 11.2. The molecule has 0 atom stereocenters. The van der Waals surface area contributed by atoms with Crippen LogP contribution in [-0.4, -0.2) is 0 Å². The molecule has 2 aromatic carbocycles. The van der Waals surface area contributed by atoms with E-state index in [1.54, 1.807) is 0 Å². The summed E-state index contributed by atoms with van der Waals surface area (Å²) in [6.45, 7) is 2.29. The highest BCUT2D eigenvalue weighted by Gasteiger charge is 2.07. The number of para-hydroxylation sites is 2. The standard InChI is InChI=1S/C36H50N2.2HI/c1(3-5-7-9-11-13-19-29-37-31-21-25-33-23-15-17-27-35(33)37)2-4-6-8-10-12-14-20-30-38-32-22-26-34-24-16-18-28-36(34)38;;/h15-18,21-28,31-32H,1-14,19-20,29-30H2;2*1H/q+2;;/p-2. The molecule has 2 aromatic heterocycles. The van der Waals surface area contributed by atoms with Gasteiger partial charge in [-0.1, -0.05) is 101 Å². The van der Waals surface area contributed by atoms with Crippen LogP contribution in [0.1, 0.15) is 103 Å². The molecule has 0 bridgehead atoms. The summed E-state index contributed by atoms with van der Waals surface area (Å²) in [5.74, 6) is 0. The Bertz CT molecular complexity index is 1100. The fourth-order valence-electron chi connectivity index (χ4n) is 5.87. The molecule has 0 aliphatic rings. The molecule has 0 saturated carbocycles. The van der Waals surface area contributed by atoms with E-state index in [1.165, 1.54) is 125 Å². The molecule has 218 valence electrons. The zero-order chi connectivity index (χ0) is 26.1. The number of pyridine rings is 2. The van der Waals surface area contributed by atoms with Crippen molar-refractivity contribution in [2.45, 2.75) is 116 Å². The lowest BCUT2D eigenvalue weighted by atomic mass is 10.0. The van der Waals surface area contributed by atoms with Crippen LogP contribution in [0.15, 0.2) is 85.2 Å². The Morgan fingerprint density at radius 2 is 0.600 bits per heavy atom. The van der Waals surface area contributed by atoms with Gasteiger partial charge < -0.3 is 48.0 Å². The predicted octanol–water partition coefficient (Wildman–Crippen LogP) is 3.52. The zero-order valence-corrected chi connectivity index (χ0v) is 28.8. The summed E-state index contributed by atoms with van der Waals surface area (Å²) in [4.78, 5) is 0. The number of rotatable bonds is 19. The lowest BCUT2D eigenvalue weighted by Gasteiger charge is -2.04. The Hall–Kier alpha value is -1.28. The van der Waals surface area contributed by atoms with Gasteiger partial charge in [-0.3, -0.25) is 0 Å². The van der Waals surface area contributed by atoms with Gasteiger partial charge in [0.25, 0.3) is 0 Å². The summed E-state index contributed by atoms with van der Waals surface area (Å²) in [5, 5.41) is 2.69. The van der Waals surface area contributed by atoms with E-state index in [2.05, 4.69) is 94.3 Å². The van der Waals surface area contributed by atoms with Gasteiger partial charge in [0, 0.05) is 47.9 Å². The van der Waals surface area contributed by atoms with Gasteiger partial charge in [0.1, 0.15) is 13.1 Å². The average molecular weight is 765 g/mol. The Labute approximate surface area is 278 Å². The third kappa shape index (κ3) is 12.3. The molecular weight excluding hydrogens is 714 g/mol. The van der Waals surface area contributed by atoms with Crippen LogP contribution in [0.4, 0.5) is 0 Å². The van der Waals surface area contributed by atoms with Crippen molar-refractivity contribution in [3.63, 3.8) is 0 Å². The maximum Gasteiger partial charge on any atom is 0.212 e. The van der Waals surface area contributed by atoms with E-state index in [0.717, 1.165) is 13.1 Å². The maximum atomic E-state index is 2.42. The van der Waals surface area contributed by atoms with Crippen molar-refractivity contribution >= 4 is 21.8 Å². The van der Waals surface area contributed by atoms with Crippen molar-refractivity contribution in [3.8, 4) is 0 Å². The van der Waals surface area contributed by atoms with Crippen LogP contribution in [0.5, 0.6) is 0 Å². The second-order valence-electron chi connectivity index (χ2n) is 11.2. The highest BCUT2D eigenvalue weighted by molar-refractivity contribution is 5.75. The predicted molar refractivity (Wildman–Crippen MR) is 162 cm³/mol. The SMILES string of the molecule is [I-].[I-].c1ccc2c(c1)ccc[n+]2CCCCCCCCCCCCCCCCCC[n+]1cccc2ccccc21. The molecule has 2 heterocycles. The summed E-state index contributed by atoms with van der Waals surface area (Å²) in [7, 11) is 0. The monoisotopic (exact) mass is 764 g/mol. The van der Waals surface area contributed by atoms with E-state index in [4.69, 9.17) is 0 Å². The summed E-state index contributed by atoms with van der Waals surface area (Å²) in [6, 6.07) is 26.2. The van der Waals surface area contributed by atoms with Gasteiger partial charge in [-0.15, -0.1) is 0 Å². The van der Waals surface area contributed by atoms with Crippen LogP contribution < -0.4 is 57.1 Å². The number of fused-ring (bicyclic) bond motifs is 2. The van der Waals surface area contributed by atoms with Crippen molar-refractivity contribution in [2.75, 3.05) is 0 Å². The molecule has 0 radical (unpaired) electrons. The number of nitrogens with zero attached hydrogens (tertiary/aromatic N) is 2. The second kappa shape index (κ2) is 21.4. The molecule has 0 aliphatic heterocycles. The van der Waals surface area contributed by atoms with Crippen molar-refractivity contribution < 1.29 is 57.1 Å². The summed E-state index contributed by atoms with van der Waals surface area (Å²) >= 11 is 0. The number of hydrogen-bond donors (Lipinski definition) is 0. The highest BCUT2D eigenvalue weighted by atomic mass is 127. The van der Waals surface area contributed by atoms with Gasteiger partial charge in [-0.2, -0.15) is 9.13 Å². The number of aryl methyl sites for hydroxylation is 2. The highest BCUT2D eigenvalue weighted by Crippen LogP contribution is 2.15. The number of aromatic nitrogens is 2. The Balaban J connectivity index is 0.00000280. The number of benzene rings is 2. The number of hydrogen-bond acceptors (Lipinski definition) is 0. The third-order valence-corrected chi connectivity index (χ3v) is 8.12. The van der Waals surface area contributed by atoms with Crippen molar-refractivity contribution in [2.24, 2.45) is 0 Å². The minimum Gasteiger partial charge on any atom is -1.00 e. The first-order chi connectivity index (χ1) is 18.9. The van der Waals surface area contributed by atoms with Gasteiger partial charge in [0.05, 0.1) is 0 Å². The lowest BCUT2D eigenvalue weighted by Crippen LogP contribution is -3.00. The maximum absolute atomic E-state index is 2.42. The van der Waals surface area contributed by atoms with Gasteiger partial charge in [0.15, 0.2) is 12.4 Å². The topological polar surface area (TPSA) is 7.76 Å². The number of unbranched alkanes of at least 4 members (excludes halogenated alkanes) is 15. The third-order valence-electron chi connectivity index (χ3n) is 8.12. The molecule has 0 aliphatic carbocycles. The quantitative estimate of drug-likeness (QED) is 0.0786. The first kappa shape index (κ1) is 34.9. The minimum absolute atomic E-state index is 0. The summed E-state index contributed by atoms with van der Waals surface area (Å²) in [6.07, 6.45) is 26.9. The van der Waals surface area contributed by atoms with Gasteiger partial charge in [-0.05, 0) is 37.1 Å². The zero-order valence-electron chi connectivity index (χ0n) is 24.5. The van der Waals surface area contributed by atoms with Crippen molar-refractivity contribution in [3.05, 3.63) is 85.2 Å². The molecule has 0 N–H and O–H groups in total. The van der Waals surface area contributed by atoms with Crippen LogP contribution >= 0.6 is 0 Å². The summed E-state index contributed by atoms with van der Waals surface area (Å²) < 4.78 is 4.84. The normalized spacial score (nSPS) is 10.9. The molecule has 2 nitrogen and oxygen atoms in total. The van der Waals surface area contributed by atoms with Gasteiger partial charge in [-0.25, -0.2) is 0 Å². The molecule has 0 amide bonds. The van der Waals surface area contributed by atoms with Gasteiger partial charge >= 0.3 is 0 Å². The summed E-state index contributed by atoms with van der Waals surface area (Å²) in [5.41, 5.74) is 2.73. The van der Waals surface area contributed by atoms with E-state index in [0.29, 0.717) is 0 Å². The molecule has 4 heteroatoms. The first-order valence-electron chi connectivity index (χ1n) is 15.7. The molecule has 0 saturated heterocycles. The minimum atomic E-state index is 0. The Morgan fingerprint density at radius 3 is 0.950 bits per heavy atom. The van der Waals surface area contributed by atoms with Crippen LogP contribution in [0.25, 0.3) is 21.8 Å². The van der Waals surface area contributed by atoms with Gasteiger partial charge in [0.2, 0.25) is 11.0 Å². The van der Waals surface area contributed by atoms with Crippen LogP contribution in [0.3, 0.4) is 0 Å². The Morgan fingerprint density at radius 1 is 0.325 bits per heavy atom. The fraction of sp³-hybridized carbons (Fsp3) is 0.500. The molecule has 0 unspecified atom stereocenters. The molecule has 4 rings (SSSR count). The van der Waals surface area contributed by atoms with Crippen molar-refractivity contribution in [1.29, 1.82) is 0 Å². The molecule has 40 heavy (non-hydrogen) atoms. The lowest BCUT2D eigenvalue weighted by molar-refractivity contribution is -0.672. The average Bonchev–Trinajstić information content (AvgIpc) is 2.96.